The minimum absolute atomic E-state index is 0.0718. The van der Waals surface area contributed by atoms with Crippen LogP contribution in [0.5, 0.6) is 5.75 Å². The maximum atomic E-state index is 11.9. The molecule has 0 aliphatic rings. The van der Waals surface area contributed by atoms with Crippen LogP contribution in [0.3, 0.4) is 0 Å². The average Bonchev–Trinajstić information content (AvgIpc) is 2.42. The third kappa shape index (κ3) is 5.20. The average molecular weight is 264 g/mol. The molecule has 0 aliphatic heterocycles. The summed E-state index contributed by atoms with van der Waals surface area (Å²) in [6.45, 7) is 5.48. The van der Waals surface area contributed by atoms with Crippen LogP contribution in [-0.2, 0) is 0 Å². The monoisotopic (exact) mass is 264 g/mol. The number of nitrogens with two attached hydrogens (primary N) is 1. The second-order valence-electron chi connectivity index (χ2n) is 4.56. The van der Waals surface area contributed by atoms with Crippen molar-refractivity contribution in [3.8, 4) is 5.75 Å². The van der Waals surface area contributed by atoms with Crippen LogP contribution in [0.2, 0.25) is 0 Å². The quantitative estimate of drug-likeness (QED) is 0.560. The van der Waals surface area contributed by atoms with E-state index in [4.69, 9.17) is 10.5 Å². The summed E-state index contributed by atoms with van der Waals surface area (Å²) in [4.78, 5) is 11.9. The van der Waals surface area contributed by atoms with E-state index in [0.29, 0.717) is 30.2 Å². The number of anilines is 1. The van der Waals surface area contributed by atoms with E-state index in [2.05, 4.69) is 12.2 Å². The van der Waals surface area contributed by atoms with Crippen LogP contribution in [0, 0.1) is 0 Å². The molecule has 0 bridgehead atoms. The molecule has 4 heteroatoms. The Morgan fingerprint density at radius 1 is 1.26 bits per heavy atom. The summed E-state index contributed by atoms with van der Waals surface area (Å²) in [5.41, 5.74) is 6.97. The molecule has 0 saturated carbocycles. The number of nitrogens with one attached hydrogen (secondary N) is 1. The van der Waals surface area contributed by atoms with Crippen LogP contribution in [0.15, 0.2) is 18.2 Å². The van der Waals surface area contributed by atoms with Crippen molar-refractivity contribution in [2.75, 3.05) is 18.9 Å². The summed E-state index contributed by atoms with van der Waals surface area (Å²) in [7, 11) is 0. The first-order valence-corrected chi connectivity index (χ1v) is 6.99. The van der Waals surface area contributed by atoms with Crippen LogP contribution in [0.25, 0.3) is 0 Å². The number of hydrogen-bond acceptors (Lipinski definition) is 3. The lowest BCUT2D eigenvalue weighted by atomic mass is 10.1. The van der Waals surface area contributed by atoms with E-state index in [1.807, 2.05) is 6.92 Å². The van der Waals surface area contributed by atoms with Gasteiger partial charge in [-0.1, -0.05) is 26.7 Å². The van der Waals surface area contributed by atoms with Gasteiger partial charge in [-0.2, -0.15) is 0 Å². The minimum atomic E-state index is -0.0718. The van der Waals surface area contributed by atoms with Gasteiger partial charge in [-0.25, -0.2) is 0 Å². The molecule has 0 aromatic heterocycles. The molecule has 0 aliphatic carbocycles. The van der Waals surface area contributed by atoms with Crippen LogP contribution < -0.4 is 15.8 Å². The highest BCUT2D eigenvalue weighted by Crippen LogP contribution is 2.22. The van der Waals surface area contributed by atoms with E-state index >= 15 is 0 Å². The third-order valence-electron chi connectivity index (χ3n) is 2.80. The topological polar surface area (TPSA) is 64.4 Å². The number of hydrogen-bond donors (Lipinski definition) is 2. The van der Waals surface area contributed by atoms with Crippen LogP contribution in [0.1, 0.15) is 49.9 Å². The van der Waals surface area contributed by atoms with Crippen molar-refractivity contribution >= 4 is 11.6 Å². The van der Waals surface area contributed by atoms with E-state index in [1.165, 1.54) is 0 Å². The van der Waals surface area contributed by atoms with Gasteiger partial charge in [0.2, 0.25) is 0 Å². The summed E-state index contributed by atoms with van der Waals surface area (Å²) in [5, 5.41) is 2.90. The van der Waals surface area contributed by atoms with Gasteiger partial charge in [-0.3, -0.25) is 4.79 Å². The fourth-order valence-electron chi connectivity index (χ4n) is 1.69. The van der Waals surface area contributed by atoms with Crippen molar-refractivity contribution in [3.63, 3.8) is 0 Å². The lowest BCUT2D eigenvalue weighted by Crippen LogP contribution is -2.24. The first kappa shape index (κ1) is 15.3. The lowest BCUT2D eigenvalue weighted by Gasteiger charge is -2.10. The fourth-order valence-corrected chi connectivity index (χ4v) is 1.69. The van der Waals surface area contributed by atoms with Crippen molar-refractivity contribution in [1.29, 1.82) is 0 Å². The fraction of sp³-hybridized carbons (Fsp3) is 0.533. The molecule has 0 radical (unpaired) electrons. The highest BCUT2D eigenvalue weighted by Gasteiger charge is 2.08. The van der Waals surface area contributed by atoms with Gasteiger partial charge in [0, 0.05) is 12.1 Å². The molecule has 106 valence electrons. The van der Waals surface area contributed by atoms with Gasteiger partial charge in [0.15, 0.2) is 0 Å². The van der Waals surface area contributed by atoms with Gasteiger partial charge < -0.3 is 15.8 Å². The second-order valence-corrected chi connectivity index (χ2v) is 4.56. The number of nitrogen functional groups attached to an aromatic ring is 1. The number of amides is 1. The van der Waals surface area contributed by atoms with E-state index in [0.717, 1.165) is 25.7 Å². The Morgan fingerprint density at radius 3 is 2.74 bits per heavy atom. The molecule has 1 aromatic carbocycles. The van der Waals surface area contributed by atoms with Crippen LogP contribution in [-0.4, -0.2) is 19.1 Å². The number of unbranched alkanes of at least 4 members (excludes halogenated alkanes) is 2. The van der Waals surface area contributed by atoms with Gasteiger partial charge in [0.1, 0.15) is 5.75 Å². The van der Waals surface area contributed by atoms with E-state index in [1.54, 1.807) is 18.2 Å². The first-order valence-electron chi connectivity index (χ1n) is 6.99. The summed E-state index contributed by atoms with van der Waals surface area (Å²) >= 11 is 0. The molecule has 1 amide bonds. The Labute approximate surface area is 115 Å². The van der Waals surface area contributed by atoms with Crippen molar-refractivity contribution < 1.29 is 9.53 Å². The Bertz CT molecular complexity index is 405. The first-order chi connectivity index (χ1) is 9.19. The maximum Gasteiger partial charge on any atom is 0.251 e. The number of rotatable bonds is 8. The zero-order chi connectivity index (χ0) is 14.1. The summed E-state index contributed by atoms with van der Waals surface area (Å²) in [6, 6.07) is 5.15. The number of ether oxygens (including phenoxy) is 1. The van der Waals surface area contributed by atoms with Gasteiger partial charge in [-0.15, -0.1) is 0 Å². The summed E-state index contributed by atoms with van der Waals surface area (Å²) in [5.74, 6) is 0.514. The molecular weight excluding hydrogens is 240 g/mol. The lowest BCUT2D eigenvalue weighted by molar-refractivity contribution is 0.0952. The number of carbonyl (C=O) groups is 1. The second kappa shape index (κ2) is 8.40. The van der Waals surface area contributed by atoms with Crippen molar-refractivity contribution in [2.45, 2.75) is 39.5 Å². The smallest absolute Gasteiger partial charge is 0.251 e. The van der Waals surface area contributed by atoms with E-state index in [9.17, 15) is 4.79 Å². The molecule has 1 aromatic rings. The molecule has 0 spiro atoms. The van der Waals surface area contributed by atoms with Gasteiger partial charge in [0.05, 0.1) is 12.3 Å². The molecule has 1 rings (SSSR count). The zero-order valence-corrected chi connectivity index (χ0v) is 11.9. The summed E-state index contributed by atoms with van der Waals surface area (Å²) in [6.07, 6.45) is 4.20. The molecule has 0 fully saturated rings. The third-order valence-corrected chi connectivity index (χ3v) is 2.80. The SMILES string of the molecule is CCCCCNC(=O)c1ccc(N)c(OCCC)c1. The molecule has 0 unspecified atom stereocenters. The molecular formula is C15H24N2O2. The van der Waals surface area contributed by atoms with Crippen molar-refractivity contribution in [1.82, 2.24) is 5.32 Å². The summed E-state index contributed by atoms with van der Waals surface area (Å²) < 4.78 is 5.51. The highest BCUT2D eigenvalue weighted by molar-refractivity contribution is 5.95. The standard InChI is InChI=1S/C15H24N2O2/c1-3-5-6-9-17-15(18)12-7-8-13(16)14(11-12)19-10-4-2/h7-8,11H,3-6,9-10,16H2,1-2H3,(H,17,18). The largest absolute Gasteiger partial charge is 0.491 e. The van der Waals surface area contributed by atoms with Crippen LogP contribution >= 0.6 is 0 Å². The number of benzene rings is 1. The Balaban J connectivity index is 2.59. The van der Waals surface area contributed by atoms with E-state index < -0.39 is 0 Å². The Kier molecular flexibility index (Phi) is 6.79. The van der Waals surface area contributed by atoms with Gasteiger partial charge >= 0.3 is 0 Å². The maximum absolute atomic E-state index is 11.9. The predicted octanol–water partition coefficient (Wildman–Crippen LogP) is 2.98. The predicted molar refractivity (Wildman–Crippen MR) is 78.5 cm³/mol. The number of carbonyl (C=O) groups excluding carboxylic acids is 1. The molecule has 0 saturated heterocycles. The highest BCUT2D eigenvalue weighted by atomic mass is 16.5. The van der Waals surface area contributed by atoms with Crippen molar-refractivity contribution in [3.05, 3.63) is 23.8 Å². The molecule has 3 N–H and O–H groups in total. The molecule has 19 heavy (non-hydrogen) atoms. The van der Waals surface area contributed by atoms with Crippen LogP contribution in [0.4, 0.5) is 5.69 Å². The molecule has 0 heterocycles. The zero-order valence-electron chi connectivity index (χ0n) is 11.9. The Morgan fingerprint density at radius 2 is 2.05 bits per heavy atom. The molecule has 0 atom stereocenters. The molecule has 4 nitrogen and oxygen atoms in total. The normalized spacial score (nSPS) is 10.2. The van der Waals surface area contributed by atoms with E-state index in [-0.39, 0.29) is 5.91 Å². The van der Waals surface area contributed by atoms with Gasteiger partial charge in [-0.05, 0) is 31.0 Å². The van der Waals surface area contributed by atoms with Gasteiger partial charge in [0.25, 0.3) is 5.91 Å². The Hall–Kier alpha value is -1.71. The minimum Gasteiger partial charge on any atom is -0.491 e. The van der Waals surface area contributed by atoms with Crippen molar-refractivity contribution in [2.24, 2.45) is 0 Å².